The van der Waals surface area contributed by atoms with Crippen molar-refractivity contribution in [3.63, 3.8) is 0 Å². The molecule has 0 atom stereocenters. The lowest BCUT2D eigenvalue weighted by Gasteiger charge is -2.35. The van der Waals surface area contributed by atoms with Crippen LogP contribution in [0.25, 0.3) is 0 Å². The Kier molecular flexibility index (Phi) is 5.56. The van der Waals surface area contributed by atoms with E-state index in [2.05, 4.69) is 48.2 Å². The first-order chi connectivity index (χ1) is 14.3. The number of ether oxygens (including phenoxy) is 1. The molecule has 4 aromatic rings. The quantitative estimate of drug-likeness (QED) is 0.313. The maximum absolute atomic E-state index is 6.32. The highest BCUT2D eigenvalue weighted by molar-refractivity contribution is 5.56. The molecule has 1 heteroatoms. The van der Waals surface area contributed by atoms with Crippen molar-refractivity contribution in [2.75, 3.05) is 7.11 Å². The van der Waals surface area contributed by atoms with E-state index in [1.165, 1.54) is 0 Å². The molecule has 29 heavy (non-hydrogen) atoms. The molecule has 0 aliphatic carbocycles. The van der Waals surface area contributed by atoms with Crippen LogP contribution in [0.2, 0.25) is 0 Å². The Hall–Kier alpha value is -3.60. The Morgan fingerprint density at radius 3 is 1.59 bits per heavy atom. The summed E-state index contributed by atoms with van der Waals surface area (Å²) < 4.78 is 6.32. The second kappa shape index (κ2) is 8.61. The van der Waals surface area contributed by atoms with Gasteiger partial charge >= 0.3 is 0 Å². The second-order valence-corrected chi connectivity index (χ2v) is 6.78. The summed E-state index contributed by atoms with van der Waals surface area (Å²) in [5.74, 6) is 6.67. The van der Waals surface area contributed by atoms with E-state index < -0.39 is 5.60 Å². The van der Waals surface area contributed by atoms with Gasteiger partial charge in [-0.15, -0.1) is 0 Å². The van der Waals surface area contributed by atoms with Crippen molar-refractivity contribution in [2.24, 2.45) is 0 Å². The third kappa shape index (κ3) is 3.72. The predicted octanol–water partition coefficient (Wildman–Crippen LogP) is 6.02. The van der Waals surface area contributed by atoms with Gasteiger partial charge in [0.1, 0.15) is 5.60 Å². The number of methoxy groups -OCH3 is 1. The first-order valence-electron chi connectivity index (χ1n) is 9.67. The van der Waals surface area contributed by atoms with Crippen LogP contribution >= 0.6 is 0 Å². The summed E-state index contributed by atoms with van der Waals surface area (Å²) in [5.41, 5.74) is 4.37. The van der Waals surface area contributed by atoms with Gasteiger partial charge in [-0.1, -0.05) is 109 Å². The van der Waals surface area contributed by atoms with E-state index in [1.807, 2.05) is 78.9 Å². The third-order valence-corrected chi connectivity index (χ3v) is 5.09. The predicted molar refractivity (Wildman–Crippen MR) is 119 cm³/mol. The highest BCUT2D eigenvalue weighted by Crippen LogP contribution is 2.41. The molecule has 0 aliphatic heterocycles. The maximum atomic E-state index is 6.32. The van der Waals surface area contributed by atoms with Crippen molar-refractivity contribution in [2.45, 2.75) is 5.60 Å². The molecule has 4 aromatic carbocycles. The van der Waals surface area contributed by atoms with Crippen molar-refractivity contribution >= 4 is 0 Å². The Morgan fingerprint density at radius 2 is 1.03 bits per heavy atom. The van der Waals surface area contributed by atoms with Crippen LogP contribution < -0.4 is 0 Å². The van der Waals surface area contributed by atoms with E-state index in [0.717, 1.165) is 27.8 Å². The van der Waals surface area contributed by atoms with Crippen LogP contribution in [0.1, 0.15) is 27.8 Å². The lowest BCUT2D eigenvalue weighted by atomic mass is 9.78. The van der Waals surface area contributed by atoms with Crippen molar-refractivity contribution in [3.05, 3.63) is 143 Å². The smallest absolute Gasteiger partial charge is 0.144 e. The van der Waals surface area contributed by atoms with Crippen molar-refractivity contribution < 1.29 is 4.74 Å². The summed E-state index contributed by atoms with van der Waals surface area (Å²) >= 11 is 0. The number of hydrogen-bond donors (Lipinski definition) is 0. The molecule has 4 rings (SSSR count). The maximum Gasteiger partial charge on any atom is 0.144 e. The van der Waals surface area contributed by atoms with E-state index in [9.17, 15) is 0 Å². The van der Waals surface area contributed by atoms with Crippen LogP contribution in [0.15, 0.2) is 115 Å². The van der Waals surface area contributed by atoms with E-state index >= 15 is 0 Å². The first-order valence-corrected chi connectivity index (χ1v) is 9.67. The largest absolute Gasteiger partial charge is 0.364 e. The molecule has 0 saturated carbocycles. The van der Waals surface area contributed by atoms with Gasteiger partial charge < -0.3 is 4.74 Å². The van der Waals surface area contributed by atoms with Crippen molar-refractivity contribution in [1.29, 1.82) is 0 Å². The standard InChI is InChI=1S/C28H22O/c1-29-28(25-16-7-3-8-17-25,26-18-9-4-10-19-26)27-20-12-11-15-24(27)22-21-23-13-5-2-6-14-23/h2-20H,1H3. The Bertz CT molecular complexity index is 1080. The van der Waals surface area contributed by atoms with Gasteiger partial charge in [0.25, 0.3) is 0 Å². The van der Waals surface area contributed by atoms with Crippen LogP contribution in [0.5, 0.6) is 0 Å². The topological polar surface area (TPSA) is 9.23 Å². The monoisotopic (exact) mass is 374 g/mol. The van der Waals surface area contributed by atoms with Gasteiger partial charge in [0, 0.05) is 23.8 Å². The minimum absolute atomic E-state index is 0.746. The van der Waals surface area contributed by atoms with E-state index in [4.69, 9.17) is 4.74 Å². The lowest BCUT2D eigenvalue weighted by molar-refractivity contribution is 0.0583. The number of hydrogen-bond acceptors (Lipinski definition) is 1. The molecule has 0 saturated heterocycles. The average Bonchev–Trinajstić information content (AvgIpc) is 2.81. The second-order valence-electron chi connectivity index (χ2n) is 6.78. The van der Waals surface area contributed by atoms with Crippen LogP contribution in [-0.2, 0) is 10.3 Å². The molecule has 0 aromatic heterocycles. The van der Waals surface area contributed by atoms with Gasteiger partial charge in [0.2, 0.25) is 0 Å². The van der Waals surface area contributed by atoms with Crippen molar-refractivity contribution in [3.8, 4) is 11.8 Å². The van der Waals surface area contributed by atoms with E-state index in [1.54, 1.807) is 7.11 Å². The molecule has 0 aliphatic rings. The van der Waals surface area contributed by atoms with Crippen LogP contribution in [0, 0.1) is 11.8 Å². The third-order valence-electron chi connectivity index (χ3n) is 5.09. The highest BCUT2D eigenvalue weighted by atomic mass is 16.5. The summed E-state index contributed by atoms with van der Waals surface area (Å²) in [6.45, 7) is 0. The fraction of sp³-hybridized carbons (Fsp3) is 0.0714. The Morgan fingerprint density at radius 1 is 0.552 bits per heavy atom. The fourth-order valence-electron chi connectivity index (χ4n) is 3.73. The lowest BCUT2D eigenvalue weighted by Crippen LogP contribution is -2.32. The molecular weight excluding hydrogens is 352 g/mol. The van der Waals surface area contributed by atoms with Crippen LogP contribution in [-0.4, -0.2) is 7.11 Å². The van der Waals surface area contributed by atoms with Crippen LogP contribution in [0.4, 0.5) is 0 Å². The SMILES string of the molecule is COC(c1ccccc1)(c1ccccc1)c1ccccc1C#Cc1ccccc1. The average molecular weight is 374 g/mol. The molecule has 0 bridgehead atoms. The van der Waals surface area contributed by atoms with E-state index in [-0.39, 0.29) is 0 Å². The minimum atomic E-state index is -0.746. The zero-order valence-corrected chi connectivity index (χ0v) is 16.4. The highest BCUT2D eigenvalue weighted by Gasteiger charge is 2.37. The molecule has 1 nitrogen and oxygen atoms in total. The number of rotatable bonds is 4. The molecular formula is C28H22O. The normalized spacial score (nSPS) is 10.8. The molecule has 0 N–H and O–H groups in total. The fourth-order valence-corrected chi connectivity index (χ4v) is 3.73. The summed E-state index contributed by atoms with van der Waals surface area (Å²) in [6.07, 6.45) is 0. The van der Waals surface area contributed by atoms with Gasteiger partial charge in [-0.25, -0.2) is 0 Å². The molecule has 0 heterocycles. The minimum Gasteiger partial charge on any atom is -0.364 e. The molecule has 0 unspecified atom stereocenters. The van der Waals surface area contributed by atoms with Gasteiger partial charge in [0.05, 0.1) is 0 Å². The summed E-state index contributed by atoms with van der Waals surface area (Å²) in [6, 6.07) is 39.0. The van der Waals surface area contributed by atoms with Gasteiger partial charge in [-0.3, -0.25) is 0 Å². The van der Waals surface area contributed by atoms with Gasteiger partial charge in [0.15, 0.2) is 0 Å². The van der Waals surface area contributed by atoms with Crippen LogP contribution in [0.3, 0.4) is 0 Å². The summed E-state index contributed by atoms with van der Waals surface area (Å²) in [5, 5.41) is 0. The first kappa shape index (κ1) is 18.7. The summed E-state index contributed by atoms with van der Waals surface area (Å²) in [7, 11) is 1.77. The zero-order chi connectivity index (χ0) is 19.9. The van der Waals surface area contributed by atoms with E-state index in [0.29, 0.717) is 0 Å². The zero-order valence-electron chi connectivity index (χ0n) is 16.4. The molecule has 0 spiro atoms. The molecule has 0 amide bonds. The number of benzene rings is 4. The molecule has 0 radical (unpaired) electrons. The Balaban J connectivity index is 1.95. The Labute approximate surface area is 172 Å². The van der Waals surface area contributed by atoms with Gasteiger partial charge in [-0.05, 0) is 29.3 Å². The molecule has 140 valence electrons. The van der Waals surface area contributed by atoms with Gasteiger partial charge in [-0.2, -0.15) is 0 Å². The summed E-state index contributed by atoms with van der Waals surface area (Å²) in [4.78, 5) is 0. The van der Waals surface area contributed by atoms with Crippen molar-refractivity contribution in [1.82, 2.24) is 0 Å². The molecule has 0 fully saturated rings.